The van der Waals surface area contributed by atoms with Gasteiger partial charge in [-0.1, -0.05) is 78.9 Å². The van der Waals surface area contributed by atoms with Gasteiger partial charge in [-0.3, -0.25) is 24.5 Å². The van der Waals surface area contributed by atoms with Crippen molar-refractivity contribution in [2.24, 2.45) is 5.92 Å². The number of fused-ring (bicyclic) bond motifs is 6. The minimum atomic E-state index is -1.41. The van der Waals surface area contributed by atoms with Crippen LogP contribution in [0.15, 0.2) is 109 Å². The molecule has 0 unspecified atom stereocenters. The number of ketones is 2. The van der Waals surface area contributed by atoms with Crippen molar-refractivity contribution in [2.75, 3.05) is 10.2 Å². The highest BCUT2D eigenvalue weighted by molar-refractivity contribution is 6.18. The van der Waals surface area contributed by atoms with Crippen molar-refractivity contribution in [3.63, 3.8) is 0 Å². The third-order valence-corrected chi connectivity index (χ3v) is 8.51. The van der Waals surface area contributed by atoms with Crippen molar-refractivity contribution in [1.82, 2.24) is 0 Å². The van der Waals surface area contributed by atoms with Crippen LogP contribution in [0.2, 0.25) is 0 Å². The minimum absolute atomic E-state index is 0.144. The highest BCUT2D eigenvalue weighted by Gasteiger charge is 2.70. The topological polar surface area (TPSA) is 110 Å². The number of nitro groups is 1. The third kappa shape index (κ3) is 3.43. The van der Waals surface area contributed by atoms with Crippen molar-refractivity contribution < 1.29 is 19.3 Å². The molecule has 0 bridgehead atoms. The Morgan fingerprint density at radius 1 is 0.805 bits per heavy atom. The molecular weight excluding hydrogens is 518 g/mol. The first-order valence-electron chi connectivity index (χ1n) is 13.3. The second kappa shape index (κ2) is 9.09. The van der Waals surface area contributed by atoms with Gasteiger partial charge in [-0.25, -0.2) is 0 Å². The Kier molecular flexibility index (Phi) is 5.47. The molecule has 1 spiro atoms. The van der Waals surface area contributed by atoms with Gasteiger partial charge in [0.1, 0.15) is 11.5 Å². The maximum Gasteiger partial charge on any atom is 0.269 e. The van der Waals surface area contributed by atoms with Gasteiger partial charge in [0.05, 0.1) is 16.9 Å². The van der Waals surface area contributed by atoms with Crippen molar-refractivity contribution in [3.8, 4) is 0 Å². The Morgan fingerprint density at radius 3 is 2.22 bits per heavy atom. The normalized spacial score (nSPS) is 23.5. The van der Waals surface area contributed by atoms with Crippen LogP contribution in [0.25, 0.3) is 6.08 Å². The Morgan fingerprint density at radius 2 is 1.46 bits per heavy atom. The molecule has 4 aromatic rings. The van der Waals surface area contributed by atoms with E-state index >= 15 is 0 Å². The van der Waals surface area contributed by atoms with Gasteiger partial charge in [0, 0.05) is 34.6 Å². The van der Waals surface area contributed by atoms with E-state index in [0.29, 0.717) is 16.8 Å². The summed E-state index contributed by atoms with van der Waals surface area (Å²) >= 11 is 0. The molecule has 3 aliphatic rings. The first-order valence-corrected chi connectivity index (χ1v) is 13.3. The quantitative estimate of drug-likeness (QED) is 0.204. The number of hydrogen-bond donors (Lipinski definition) is 1. The number of anilines is 2. The number of carbonyl (C=O) groups excluding carboxylic acids is 3. The molecule has 1 N–H and O–H groups in total. The van der Waals surface area contributed by atoms with Crippen molar-refractivity contribution in [1.29, 1.82) is 0 Å². The summed E-state index contributed by atoms with van der Waals surface area (Å²) in [6.45, 7) is 0. The fraction of sp³-hybridized carbons (Fsp3) is 0.121. The maximum absolute atomic E-state index is 14.6. The lowest BCUT2D eigenvalue weighted by Gasteiger charge is -2.37. The molecule has 4 aromatic carbocycles. The maximum atomic E-state index is 14.6. The summed E-state index contributed by atoms with van der Waals surface area (Å²) in [4.78, 5) is 56.2. The molecule has 3 aliphatic heterocycles. The summed E-state index contributed by atoms with van der Waals surface area (Å²) in [5, 5.41) is 14.3. The summed E-state index contributed by atoms with van der Waals surface area (Å²) in [6.07, 6.45) is 3.85. The fourth-order valence-corrected chi connectivity index (χ4v) is 6.82. The van der Waals surface area contributed by atoms with Crippen LogP contribution in [0.3, 0.4) is 0 Å². The molecule has 0 saturated carbocycles. The highest BCUT2D eigenvalue weighted by atomic mass is 16.6. The van der Waals surface area contributed by atoms with Crippen LogP contribution in [0, 0.1) is 16.0 Å². The average molecular weight is 542 g/mol. The molecule has 0 radical (unpaired) electrons. The number of carbonyl (C=O) groups is 3. The SMILES string of the molecule is O=C(c1ccc([N+](=O)[O-])cc1)[C@@H]1[C@@H](C(=O)c2ccccc2)[C@@]2(C(=O)Nc3ccccc32)[C@H]2C=Cc3ccccc3N12. The number of rotatable bonds is 5. The van der Waals surface area contributed by atoms with E-state index in [1.807, 2.05) is 65.6 Å². The van der Waals surface area contributed by atoms with Gasteiger partial charge in [0.15, 0.2) is 11.6 Å². The molecule has 8 nitrogen and oxygen atoms in total. The van der Waals surface area contributed by atoms with E-state index in [1.165, 1.54) is 24.3 Å². The number of nitrogens with zero attached hydrogens (tertiary/aromatic N) is 2. The Bertz CT molecular complexity index is 1780. The van der Waals surface area contributed by atoms with E-state index in [1.54, 1.807) is 30.3 Å². The number of benzene rings is 4. The minimum Gasteiger partial charge on any atom is -0.352 e. The number of para-hydroxylation sites is 2. The molecule has 1 fully saturated rings. The average Bonchev–Trinajstić information content (AvgIpc) is 3.49. The fourth-order valence-electron chi connectivity index (χ4n) is 6.82. The first kappa shape index (κ1) is 24.7. The monoisotopic (exact) mass is 541 g/mol. The summed E-state index contributed by atoms with van der Waals surface area (Å²) in [5.74, 6) is -2.15. The molecule has 0 aromatic heterocycles. The Balaban J connectivity index is 1.51. The standard InChI is InChI=1S/C33H23N3O5/c37-30(21-9-2-1-3-10-21)28-29(31(38)22-14-17-23(18-15-22)36(40)41)35-26-13-7-4-8-20(26)16-19-27(35)33(28)24-11-5-6-12-25(24)34-32(33)39/h1-19,27-29H,(H,34,39)/t27-,28+,29+,33+/m1/s1. The number of nitro benzene ring substituents is 1. The van der Waals surface area contributed by atoms with Crippen molar-refractivity contribution in [2.45, 2.75) is 17.5 Å². The van der Waals surface area contributed by atoms with E-state index in [4.69, 9.17) is 0 Å². The lowest BCUT2D eigenvalue weighted by atomic mass is 9.64. The zero-order valence-corrected chi connectivity index (χ0v) is 21.6. The van der Waals surface area contributed by atoms with E-state index in [0.717, 1.165) is 11.3 Å². The number of non-ortho nitro benzene ring substituents is 1. The Labute approximate surface area is 235 Å². The Hall–Kier alpha value is -5.37. The summed E-state index contributed by atoms with van der Waals surface area (Å²) in [5.41, 5.74) is 1.94. The van der Waals surface area contributed by atoms with Crippen LogP contribution in [0.5, 0.6) is 0 Å². The largest absolute Gasteiger partial charge is 0.352 e. The van der Waals surface area contributed by atoms with E-state index in [-0.39, 0.29) is 22.9 Å². The van der Waals surface area contributed by atoms with Gasteiger partial charge in [0.2, 0.25) is 5.91 Å². The van der Waals surface area contributed by atoms with Crippen molar-refractivity contribution >= 4 is 40.6 Å². The van der Waals surface area contributed by atoms with Gasteiger partial charge in [-0.05, 0) is 35.4 Å². The van der Waals surface area contributed by atoms with Gasteiger partial charge in [-0.15, -0.1) is 0 Å². The summed E-state index contributed by atoms with van der Waals surface area (Å²) < 4.78 is 0. The smallest absolute Gasteiger partial charge is 0.269 e. The lowest BCUT2D eigenvalue weighted by molar-refractivity contribution is -0.384. The van der Waals surface area contributed by atoms with Crippen LogP contribution in [0.4, 0.5) is 17.1 Å². The zero-order chi connectivity index (χ0) is 28.3. The van der Waals surface area contributed by atoms with Gasteiger partial charge in [-0.2, -0.15) is 0 Å². The van der Waals surface area contributed by atoms with E-state index in [9.17, 15) is 24.5 Å². The van der Waals surface area contributed by atoms with Crippen LogP contribution in [-0.2, 0) is 10.2 Å². The molecule has 1 saturated heterocycles. The number of hydrogen-bond acceptors (Lipinski definition) is 6. The third-order valence-electron chi connectivity index (χ3n) is 8.51. The predicted molar refractivity (Wildman–Crippen MR) is 154 cm³/mol. The molecular formula is C33H23N3O5. The second-order valence-corrected chi connectivity index (χ2v) is 10.5. The highest BCUT2D eigenvalue weighted by Crippen LogP contribution is 2.58. The summed E-state index contributed by atoms with van der Waals surface area (Å²) in [6, 6.07) is 27.3. The van der Waals surface area contributed by atoms with Crippen LogP contribution >= 0.6 is 0 Å². The van der Waals surface area contributed by atoms with Crippen LogP contribution in [-0.4, -0.2) is 34.5 Å². The predicted octanol–water partition coefficient (Wildman–Crippen LogP) is 5.45. The zero-order valence-electron chi connectivity index (χ0n) is 21.6. The first-order chi connectivity index (χ1) is 19.9. The molecule has 4 atom stereocenters. The number of Topliss-reactive ketones (excluding diaryl/α,β-unsaturated/α-hetero) is 2. The molecule has 3 heterocycles. The molecule has 1 amide bonds. The van der Waals surface area contributed by atoms with Gasteiger partial charge < -0.3 is 10.2 Å². The van der Waals surface area contributed by atoms with Crippen LogP contribution < -0.4 is 10.2 Å². The van der Waals surface area contributed by atoms with Gasteiger partial charge >= 0.3 is 0 Å². The number of amides is 1. The van der Waals surface area contributed by atoms with Crippen LogP contribution in [0.1, 0.15) is 31.8 Å². The molecule has 200 valence electrons. The molecule has 7 rings (SSSR count). The van der Waals surface area contributed by atoms with E-state index < -0.39 is 34.1 Å². The van der Waals surface area contributed by atoms with E-state index in [2.05, 4.69) is 5.32 Å². The van der Waals surface area contributed by atoms with Gasteiger partial charge in [0.25, 0.3) is 5.69 Å². The second-order valence-electron chi connectivity index (χ2n) is 10.5. The molecule has 41 heavy (non-hydrogen) atoms. The number of nitrogens with one attached hydrogen (secondary N) is 1. The molecule has 8 heteroatoms. The molecule has 0 aliphatic carbocycles. The summed E-state index contributed by atoms with van der Waals surface area (Å²) in [7, 11) is 0. The van der Waals surface area contributed by atoms with Crippen molar-refractivity contribution in [3.05, 3.63) is 142 Å². The lowest BCUT2D eigenvalue weighted by Crippen LogP contribution is -2.51.